The fourth-order valence-electron chi connectivity index (χ4n) is 1.14. The maximum absolute atomic E-state index is 13.6. The predicted octanol–water partition coefficient (Wildman–Crippen LogP) is 1.61. The SMILES string of the molecule is C/C=C/C(=N\C=C\NN)Oc1c(F)cccc1P. The third kappa shape index (κ3) is 4.28. The Morgan fingerprint density at radius 2 is 2.33 bits per heavy atom. The molecule has 1 rings (SSSR count). The molecule has 1 aromatic rings. The average molecular weight is 267 g/mol. The smallest absolute Gasteiger partial charge is 0.219 e. The fraction of sp³-hybridized carbons (Fsp3) is 0.0833. The molecule has 3 N–H and O–H groups in total. The maximum atomic E-state index is 13.6. The van der Waals surface area contributed by atoms with Crippen molar-refractivity contribution in [3.05, 3.63) is 48.6 Å². The number of aliphatic imine (C=N–C) groups is 1. The van der Waals surface area contributed by atoms with Crippen molar-refractivity contribution >= 4 is 20.4 Å². The van der Waals surface area contributed by atoms with E-state index < -0.39 is 5.82 Å². The number of halogens is 1. The topological polar surface area (TPSA) is 59.6 Å². The van der Waals surface area contributed by atoms with Gasteiger partial charge in [-0.3, -0.25) is 5.84 Å². The molecule has 0 bridgehead atoms. The van der Waals surface area contributed by atoms with Crippen molar-refractivity contribution in [2.75, 3.05) is 0 Å². The Morgan fingerprint density at radius 1 is 1.56 bits per heavy atom. The van der Waals surface area contributed by atoms with Gasteiger partial charge in [0.25, 0.3) is 0 Å². The molecule has 0 aliphatic rings. The Morgan fingerprint density at radius 3 is 2.94 bits per heavy atom. The number of allylic oxidation sites excluding steroid dienone is 1. The number of nitrogens with zero attached hydrogens (tertiary/aromatic N) is 1. The van der Waals surface area contributed by atoms with Crippen LogP contribution in [0.2, 0.25) is 0 Å². The molecule has 0 radical (unpaired) electrons. The van der Waals surface area contributed by atoms with Gasteiger partial charge in [0, 0.05) is 17.7 Å². The van der Waals surface area contributed by atoms with Gasteiger partial charge >= 0.3 is 0 Å². The second-order valence-electron chi connectivity index (χ2n) is 3.21. The molecule has 0 heterocycles. The predicted molar refractivity (Wildman–Crippen MR) is 75.1 cm³/mol. The first-order chi connectivity index (χ1) is 8.69. The Labute approximate surface area is 108 Å². The van der Waals surface area contributed by atoms with Crippen LogP contribution in [0.5, 0.6) is 5.75 Å². The van der Waals surface area contributed by atoms with E-state index in [-0.39, 0.29) is 11.6 Å². The first kappa shape index (κ1) is 14.4. The summed E-state index contributed by atoms with van der Waals surface area (Å²) in [4.78, 5) is 3.99. The molecule has 1 atom stereocenters. The molecule has 0 spiro atoms. The quantitative estimate of drug-likeness (QED) is 0.286. The number of nitrogens with two attached hydrogens (primary N) is 1. The highest BCUT2D eigenvalue weighted by atomic mass is 31.0. The molecule has 0 aliphatic heterocycles. The van der Waals surface area contributed by atoms with Gasteiger partial charge in [0.2, 0.25) is 5.90 Å². The number of ether oxygens (including phenoxy) is 1. The van der Waals surface area contributed by atoms with Gasteiger partial charge in [0.05, 0.1) is 0 Å². The fourth-order valence-corrected chi connectivity index (χ4v) is 1.45. The van der Waals surface area contributed by atoms with Crippen LogP contribution in [-0.2, 0) is 0 Å². The lowest BCUT2D eigenvalue weighted by Crippen LogP contribution is -2.13. The molecule has 1 aromatic carbocycles. The van der Waals surface area contributed by atoms with E-state index in [1.165, 1.54) is 18.5 Å². The zero-order chi connectivity index (χ0) is 13.4. The summed E-state index contributed by atoms with van der Waals surface area (Å²) >= 11 is 0. The van der Waals surface area contributed by atoms with Crippen LogP contribution in [0.4, 0.5) is 4.39 Å². The molecule has 0 saturated heterocycles. The monoisotopic (exact) mass is 267 g/mol. The van der Waals surface area contributed by atoms with Crippen molar-refractivity contribution in [1.29, 1.82) is 0 Å². The molecule has 0 aromatic heterocycles. The number of nitrogens with one attached hydrogen (secondary N) is 1. The van der Waals surface area contributed by atoms with Gasteiger partial charge in [-0.05, 0) is 19.1 Å². The molecule has 0 saturated carbocycles. The zero-order valence-electron chi connectivity index (χ0n) is 9.93. The number of hydrogen-bond acceptors (Lipinski definition) is 4. The molecule has 0 amide bonds. The molecule has 96 valence electrons. The van der Waals surface area contributed by atoms with Gasteiger partial charge in [0.1, 0.15) is 0 Å². The van der Waals surface area contributed by atoms with Gasteiger partial charge in [-0.2, -0.15) is 0 Å². The van der Waals surface area contributed by atoms with Gasteiger partial charge in [-0.25, -0.2) is 9.38 Å². The molecule has 18 heavy (non-hydrogen) atoms. The summed E-state index contributed by atoms with van der Waals surface area (Å²) in [5.41, 5.74) is 2.31. The minimum atomic E-state index is -0.444. The van der Waals surface area contributed by atoms with E-state index in [2.05, 4.69) is 19.7 Å². The van der Waals surface area contributed by atoms with Crippen molar-refractivity contribution in [3.63, 3.8) is 0 Å². The number of hydrazine groups is 1. The first-order valence-corrected chi connectivity index (χ1v) is 5.80. The largest absolute Gasteiger partial charge is 0.435 e. The minimum absolute atomic E-state index is 0.133. The van der Waals surface area contributed by atoms with Crippen LogP contribution in [0, 0.1) is 5.82 Å². The first-order valence-electron chi connectivity index (χ1n) is 5.22. The Bertz CT molecular complexity index is 466. The lowest BCUT2D eigenvalue weighted by atomic mass is 10.3. The van der Waals surface area contributed by atoms with E-state index in [1.807, 2.05) is 6.92 Å². The van der Waals surface area contributed by atoms with Gasteiger partial charge in [0.15, 0.2) is 11.6 Å². The second kappa shape index (κ2) is 7.58. The molecular formula is C12H15FN3OP. The standard InChI is InChI=1S/C12H15FN3OP/c1-2-4-11(15-7-8-16-14)17-12-9(13)5-3-6-10(12)18/h2-8,16H,14,18H2,1H3/b4-2+,8-7+,15-11+. The van der Waals surface area contributed by atoms with E-state index in [0.717, 1.165) is 0 Å². The van der Waals surface area contributed by atoms with Crippen LogP contribution in [0.25, 0.3) is 0 Å². The highest BCUT2D eigenvalue weighted by Crippen LogP contribution is 2.16. The van der Waals surface area contributed by atoms with Crippen molar-refractivity contribution in [3.8, 4) is 5.75 Å². The molecule has 6 heteroatoms. The second-order valence-corrected chi connectivity index (χ2v) is 3.83. The third-order valence-corrected chi connectivity index (χ3v) is 2.34. The highest BCUT2D eigenvalue weighted by Gasteiger charge is 2.08. The summed E-state index contributed by atoms with van der Waals surface area (Å²) < 4.78 is 19.0. The van der Waals surface area contributed by atoms with Crippen molar-refractivity contribution in [1.82, 2.24) is 5.43 Å². The highest BCUT2D eigenvalue weighted by molar-refractivity contribution is 7.27. The summed E-state index contributed by atoms with van der Waals surface area (Å²) in [6, 6.07) is 4.66. The van der Waals surface area contributed by atoms with Crippen LogP contribution in [0.15, 0.2) is 47.7 Å². The molecular weight excluding hydrogens is 252 g/mol. The van der Waals surface area contributed by atoms with Crippen LogP contribution in [-0.4, -0.2) is 5.90 Å². The Balaban J connectivity index is 2.97. The molecule has 1 unspecified atom stereocenters. The molecule has 0 fully saturated rings. The van der Waals surface area contributed by atoms with Gasteiger partial charge in [-0.15, -0.1) is 9.24 Å². The summed E-state index contributed by atoms with van der Waals surface area (Å²) in [5, 5.41) is 0.619. The number of rotatable bonds is 4. The Hall–Kier alpha value is -1.71. The number of para-hydroxylation sites is 1. The van der Waals surface area contributed by atoms with E-state index in [4.69, 9.17) is 10.6 Å². The van der Waals surface area contributed by atoms with Gasteiger partial charge < -0.3 is 10.2 Å². The van der Waals surface area contributed by atoms with Crippen molar-refractivity contribution in [2.24, 2.45) is 10.8 Å². The van der Waals surface area contributed by atoms with Gasteiger partial charge in [-0.1, -0.05) is 18.2 Å². The Kier molecular flexibility index (Phi) is 6.05. The lowest BCUT2D eigenvalue weighted by molar-refractivity contribution is 0.498. The van der Waals surface area contributed by atoms with Crippen LogP contribution < -0.4 is 21.3 Å². The summed E-state index contributed by atoms with van der Waals surface area (Å²) in [7, 11) is 2.41. The van der Waals surface area contributed by atoms with E-state index >= 15 is 0 Å². The van der Waals surface area contributed by atoms with Crippen LogP contribution in [0.1, 0.15) is 6.92 Å². The zero-order valence-corrected chi connectivity index (χ0v) is 11.1. The van der Waals surface area contributed by atoms with Crippen molar-refractivity contribution < 1.29 is 9.13 Å². The number of hydrogen-bond donors (Lipinski definition) is 2. The summed E-state index contributed by atoms with van der Waals surface area (Å²) in [6.07, 6.45) is 6.21. The third-order valence-electron chi connectivity index (χ3n) is 1.89. The van der Waals surface area contributed by atoms with Crippen LogP contribution >= 0.6 is 9.24 Å². The molecule has 4 nitrogen and oxygen atoms in total. The normalized spacial score (nSPS) is 12.3. The van der Waals surface area contributed by atoms with Crippen LogP contribution in [0.3, 0.4) is 0 Å². The van der Waals surface area contributed by atoms with E-state index in [0.29, 0.717) is 5.30 Å². The van der Waals surface area contributed by atoms with Crippen molar-refractivity contribution in [2.45, 2.75) is 6.92 Å². The number of benzene rings is 1. The molecule has 0 aliphatic carbocycles. The maximum Gasteiger partial charge on any atom is 0.219 e. The summed E-state index contributed by atoms with van der Waals surface area (Å²) in [5.74, 6) is 5.01. The summed E-state index contributed by atoms with van der Waals surface area (Å²) in [6.45, 7) is 1.81. The average Bonchev–Trinajstić information content (AvgIpc) is 2.34. The van der Waals surface area contributed by atoms with E-state index in [9.17, 15) is 4.39 Å². The lowest BCUT2D eigenvalue weighted by Gasteiger charge is -2.08. The minimum Gasteiger partial charge on any atom is -0.435 e. The van der Waals surface area contributed by atoms with E-state index in [1.54, 1.807) is 24.3 Å².